The highest BCUT2D eigenvalue weighted by molar-refractivity contribution is 7.46. The molecule has 0 aliphatic heterocycles. The highest BCUT2D eigenvalue weighted by Gasteiger charge is 2.33. The molecule has 0 aliphatic carbocycles. The first-order valence-corrected chi connectivity index (χ1v) is 21.4. The van der Waals surface area contributed by atoms with Crippen molar-refractivity contribution in [2.75, 3.05) is 13.8 Å². The molecule has 0 bridgehead atoms. The Balaban J connectivity index is 1.58. The quantitative estimate of drug-likeness (QED) is 0.0488. The normalized spacial score (nSPS) is 13.8. The van der Waals surface area contributed by atoms with Gasteiger partial charge in [0.1, 0.15) is 12.6 Å². The number of benzene rings is 2. The Hall–Kier alpha value is -4.22. The van der Waals surface area contributed by atoms with Crippen molar-refractivity contribution in [2.24, 2.45) is 5.92 Å². The Morgan fingerprint density at radius 2 is 1.57 bits per heavy atom. The van der Waals surface area contributed by atoms with Crippen LogP contribution in [0.15, 0.2) is 77.8 Å². The van der Waals surface area contributed by atoms with Crippen LogP contribution in [0.4, 0.5) is 9.59 Å². The number of thiazole rings is 2. The first-order chi connectivity index (χ1) is 26.7. The molecular weight excluding hydrogens is 780 g/mol. The third-order valence-corrected chi connectivity index (χ3v) is 11.0. The van der Waals surface area contributed by atoms with Crippen molar-refractivity contribution >= 4 is 48.5 Å². The van der Waals surface area contributed by atoms with Gasteiger partial charge in [-0.15, -0.1) is 22.7 Å². The minimum Gasteiger partial charge on any atom is -0.444 e. The summed E-state index contributed by atoms with van der Waals surface area (Å²) < 4.78 is 27.8. The van der Waals surface area contributed by atoms with Crippen LogP contribution in [0.5, 0.6) is 0 Å². The molecule has 15 nitrogen and oxygen atoms in total. The lowest BCUT2D eigenvalue weighted by atomic mass is 9.93. The molecular formula is C38H51N6O9PS2. The Bertz CT molecular complexity index is 1840. The third-order valence-electron chi connectivity index (χ3n) is 8.61. The summed E-state index contributed by atoms with van der Waals surface area (Å²) in [5, 5.41) is 11.8. The molecule has 0 radical (unpaired) electrons. The van der Waals surface area contributed by atoms with Crippen molar-refractivity contribution in [1.82, 2.24) is 30.8 Å². The second kappa shape index (κ2) is 21.9. The molecule has 4 aromatic rings. The van der Waals surface area contributed by atoms with Crippen LogP contribution in [0, 0.1) is 5.92 Å². The molecule has 0 unspecified atom stereocenters. The molecule has 4 atom stereocenters. The van der Waals surface area contributed by atoms with Gasteiger partial charge in [-0.2, -0.15) is 0 Å². The molecule has 56 heavy (non-hydrogen) atoms. The molecule has 2 aromatic heterocycles. The summed E-state index contributed by atoms with van der Waals surface area (Å²) in [6, 6.07) is 15.9. The van der Waals surface area contributed by atoms with Gasteiger partial charge in [-0.3, -0.25) is 14.3 Å². The fraction of sp³-hybridized carbons (Fsp3) is 0.447. The second-order valence-electron chi connectivity index (χ2n) is 13.9. The standard InChI is InChI=1S/C38H51N6O9PS2/c1-25(2)34(43-37(46)44(5)20-30-22-55-36(41-30)26(3)4)35(45)40-29(16-27-12-8-6-9-13-27)18-33(52-24-53-54(48,49)50)32(17-28-14-10-7-11-15-28)42-38(47)51-21-31-19-39-23-56-31/h6-15,19,22-23,25-26,29,32-34H,16-18,20-21,24H2,1-5H3,(H,40,45)(H,42,47)(H,43,46)(H2,48,49,50)/t29-,32-,33-,34-/m0/s1. The Morgan fingerprint density at radius 3 is 2.14 bits per heavy atom. The van der Waals surface area contributed by atoms with E-state index in [1.165, 1.54) is 27.6 Å². The summed E-state index contributed by atoms with van der Waals surface area (Å²) in [6.45, 7) is 7.20. The summed E-state index contributed by atoms with van der Waals surface area (Å²) in [5.41, 5.74) is 4.09. The van der Waals surface area contributed by atoms with E-state index in [4.69, 9.17) is 9.47 Å². The van der Waals surface area contributed by atoms with Crippen molar-refractivity contribution in [3.63, 3.8) is 0 Å². The number of ether oxygens (including phenoxy) is 2. The van der Waals surface area contributed by atoms with Gasteiger partial charge in [0.05, 0.1) is 39.8 Å². The van der Waals surface area contributed by atoms with Crippen LogP contribution in [0.25, 0.3) is 0 Å². The van der Waals surface area contributed by atoms with Crippen LogP contribution < -0.4 is 16.0 Å². The number of carbonyl (C=O) groups excluding carboxylic acids is 3. The van der Waals surface area contributed by atoms with E-state index in [2.05, 4.69) is 44.3 Å². The van der Waals surface area contributed by atoms with Gasteiger partial charge in [-0.1, -0.05) is 88.4 Å². The summed E-state index contributed by atoms with van der Waals surface area (Å²) in [4.78, 5) is 70.5. The molecule has 18 heteroatoms. The Labute approximate surface area is 335 Å². The Morgan fingerprint density at radius 1 is 0.911 bits per heavy atom. The SMILES string of the molecule is CC(C)c1nc(CN(C)C(=O)N[C@H](C(=O)N[C@@H](Cc2ccccc2)C[C@H](OCOP(=O)(O)O)[C@H](Cc2ccccc2)NC(=O)OCc2cncs2)C(C)C)cs1. The van der Waals surface area contributed by atoms with Gasteiger partial charge in [0, 0.05) is 30.6 Å². The number of hydrogen-bond donors (Lipinski definition) is 5. The number of carbonyl (C=O) groups is 3. The zero-order valence-electron chi connectivity index (χ0n) is 32.1. The number of nitrogens with zero attached hydrogens (tertiary/aromatic N) is 3. The lowest BCUT2D eigenvalue weighted by Gasteiger charge is -2.33. The number of urea groups is 1. The predicted molar refractivity (Wildman–Crippen MR) is 214 cm³/mol. The van der Waals surface area contributed by atoms with E-state index in [1.807, 2.05) is 79.9 Å². The maximum atomic E-state index is 14.1. The average molecular weight is 831 g/mol. The maximum Gasteiger partial charge on any atom is 0.471 e. The number of phosphoric acid groups is 1. The van der Waals surface area contributed by atoms with E-state index >= 15 is 0 Å². The van der Waals surface area contributed by atoms with Gasteiger partial charge in [0.2, 0.25) is 5.91 Å². The maximum absolute atomic E-state index is 14.1. The van der Waals surface area contributed by atoms with Crippen molar-refractivity contribution < 1.29 is 42.7 Å². The number of nitrogens with one attached hydrogen (secondary N) is 3. The van der Waals surface area contributed by atoms with Crippen molar-refractivity contribution in [3.05, 3.63) is 104 Å². The van der Waals surface area contributed by atoms with Crippen molar-refractivity contribution in [1.29, 1.82) is 0 Å². The molecule has 0 saturated carbocycles. The summed E-state index contributed by atoms with van der Waals surface area (Å²) in [6.07, 6.45) is 0.475. The topological polar surface area (TPSA) is 202 Å². The molecule has 4 amide bonds. The molecule has 0 saturated heterocycles. The molecule has 5 N–H and O–H groups in total. The second-order valence-corrected chi connectivity index (χ2v) is 17.0. The monoisotopic (exact) mass is 830 g/mol. The largest absolute Gasteiger partial charge is 0.471 e. The average Bonchev–Trinajstić information content (AvgIpc) is 3.85. The van der Waals surface area contributed by atoms with Gasteiger partial charge in [-0.25, -0.2) is 19.1 Å². The van der Waals surface area contributed by atoms with E-state index in [1.54, 1.807) is 18.8 Å². The summed E-state index contributed by atoms with van der Waals surface area (Å²) in [5.74, 6) is -0.483. The van der Waals surface area contributed by atoms with E-state index < -0.39 is 56.9 Å². The molecule has 0 aliphatic rings. The predicted octanol–water partition coefficient (Wildman–Crippen LogP) is 6.00. The van der Waals surface area contributed by atoms with Crippen molar-refractivity contribution in [2.45, 2.75) is 90.3 Å². The highest BCUT2D eigenvalue weighted by atomic mass is 32.1. The van der Waals surface area contributed by atoms with Crippen LogP contribution in [0.2, 0.25) is 0 Å². The zero-order chi connectivity index (χ0) is 40.7. The number of amides is 4. The van der Waals surface area contributed by atoms with Crippen molar-refractivity contribution in [3.8, 4) is 0 Å². The van der Waals surface area contributed by atoms with Crippen LogP contribution in [-0.2, 0) is 49.4 Å². The van der Waals surface area contributed by atoms with Crippen LogP contribution in [0.1, 0.15) is 66.7 Å². The van der Waals surface area contributed by atoms with Gasteiger partial charge in [-0.05, 0) is 36.3 Å². The highest BCUT2D eigenvalue weighted by Crippen LogP contribution is 2.35. The molecule has 4 rings (SSSR count). The van der Waals surface area contributed by atoms with Crippen LogP contribution in [-0.4, -0.2) is 80.8 Å². The summed E-state index contributed by atoms with van der Waals surface area (Å²) in [7, 11) is -3.29. The van der Waals surface area contributed by atoms with Gasteiger partial charge < -0.3 is 40.1 Å². The number of rotatable bonds is 21. The number of phosphoric ester groups is 1. The summed E-state index contributed by atoms with van der Waals surface area (Å²) >= 11 is 2.87. The Kier molecular flexibility index (Phi) is 17.4. The first-order valence-electron chi connectivity index (χ1n) is 18.1. The molecule has 304 valence electrons. The smallest absolute Gasteiger partial charge is 0.444 e. The number of hydrogen-bond acceptors (Lipinski definition) is 11. The molecule has 2 heterocycles. The zero-order valence-corrected chi connectivity index (χ0v) is 34.6. The van der Waals surface area contributed by atoms with Gasteiger partial charge in [0.15, 0.2) is 6.79 Å². The minimum absolute atomic E-state index is 0.0195. The first kappa shape index (κ1) is 44.5. The van der Waals surface area contributed by atoms with E-state index in [-0.39, 0.29) is 37.8 Å². The molecule has 0 fully saturated rings. The van der Waals surface area contributed by atoms with Crippen LogP contribution in [0.3, 0.4) is 0 Å². The molecule has 0 spiro atoms. The minimum atomic E-state index is -4.93. The number of alkyl carbamates (subject to hydrolysis) is 1. The fourth-order valence-corrected chi connectivity index (χ4v) is 7.27. The number of aromatic nitrogens is 2. The lowest BCUT2D eigenvalue weighted by molar-refractivity contribution is -0.125. The lowest BCUT2D eigenvalue weighted by Crippen LogP contribution is -2.56. The molecule has 2 aromatic carbocycles. The van der Waals surface area contributed by atoms with E-state index in [0.717, 1.165) is 26.7 Å². The van der Waals surface area contributed by atoms with Gasteiger partial charge >= 0.3 is 19.9 Å². The van der Waals surface area contributed by atoms with E-state index in [9.17, 15) is 28.7 Å². The fourth-order valence-electron chi connectivity index (χ4n) is 5.74. The van der Waals surface area contributed by atoms with Crippen LogP contribution >= 0.6 is 30.5 Å². The van der Waals surface area contributed by atoms with E-state index in [0.29, 0.717) is 6.42 Å². The third kappa shape index (κ3) is 15.4. The van der Waals surface area contributed by atoms with Gasteiger partial charge in [0.25, 0.3) is 0 Å².